The Bertz CT molecular complexity index is 539. The summed E-state index contributed by atoms with van der Waals surface area (Å²) in [6.07, 6.45) is 1.19. The van der Waals surface area contributed by atoms with Crippen LogP contribution in [0.4, 0.5) is 15.8 Å². The molecule has 1 aromatic carbocycles. The lowest BCUT2D eigenvalue weighted by Gasteiger charge is -2.35. The molecule has 1 aliphatic heterocycles. The topological polar surface area (TPSA) is 66.6 Å². The van der Waals surface area contributed by atoms with Crippen molar-refractivity contribution in [3.05, 3.63) is 24.0 Å². The SMILES string of the molecule is CS(=O)(=O)N1CCN(c2cccc(F)c2N)CC1. The van der Waals surface area contributed by atoms with Crippen molar-refractivity contribution < 1.29 is 12.8 Å². The van der Waals surface area contributed by atoms with Crippen LogP contribution >= 0.6 is 0 Å². The van der Waals surface area contributed by atoms with Gasteiger partial charge in [0.15, 0.2) is 0 Å². The van der Waals surface area contributed by atoms with Crippen LogP contribution in [0.2, 0.25) is 0 Å². The van der Waals surface area contributed by atoms with Gasteiger partial charge in [-0.25, -0.2) is 12.8 Å². The zero-order chi connectivity index (χ0) is 13.3. The van der Waals surface area contributed by atoms with Crippen LogP contribution in [0, 0.1) is 5.82 Å². The number of halogens is 1. The number of nitrogens with two attached hydrogens (primary N) is 1. The van der Waals surface area contributed by atoms with Crippen molar-refractivity contribution in [2.24, 2.45) is 0 Å². The standard InChI is InChI=1S/C11H16FN3O2S/c1-18(16,17)15-7-5-14(6-8-15)10-4-2-3-9(12)11(10)13/h2-4H,5-8,13H2,1H3. The summed E-state index contributed by atoms with van der Waals surface area (Å²) in [4.78, 5) is 1.90. The molecule has 0 saturated carbocycles. The minimum atomic E-state index is -3.15. The summed E-state index contributed by atoms with van der Waals surface area (Å²) < 4.78 is 37.5. The molecule has 1 heterocycles. The van der Waals surface area contributed by atoms with Gasteiger partial charge in [-0.05, 0) is 12.1 Å². The fourth-order valence-corrected chi connectivity index (χ4v) is 2.89. The predicted octanol–water partition coefficient (Wildman–Crippen LogP) is 0.489. The van der Waals surface area contributed by atoms with Crippen LogP contribution in [0.25, 0.3) is 0 Å². The van der Waals surface area contributed by atoms with E-state index in [1.54, 1.807) is 12.1 Å². The van der Waals surface area contributed by atoms with E-state index in [1.807, 2.05) is 4.90 Å². The molecule has 0 spiro atoms. The van der Waals surface area contributed by atoms with Crippen molar-refractivity contribution in [1.29, 1.82) is 0 Å². The summed E-state index contributed by atoms with van der Waals surface area (Å²) in [7, 11) is -3.15. The van der Waals surface area contributed by atoms with Crippen molar-refractivity contribution in [1.82, 2.24) is 4.31 Å². The molecule has 2 rings (SSSR count). The number of hydrogen-bond donors (Lipinski definition) is 1. The van der Waals surface area contributed by atoms with Crippen LogP contribution < -0.4 is 10.6 Å². The lowest BCUT2D eigenvalue weighted by molar-refractivity contribution is 0.388. The van der Waals surface area contributed by atoms with Gasteiger partial charge in [0.25, 0.3) is 0 Å². The maximum absolute atomic E-state index is 13.3. The summed E-state index contributed by atoms with van der Waals surface area (Å²) in [5.74, 6) is -0.446. The second-order valence-corrected chi connectivity index (χ2v) is 6.30. The lowest BCUT2D eigenvalue weighted by Crippen LogP contribution is -2.48. The minimum absolute atomic E-state index is 0.116. The molecule has 0 radical (unpaired) electrons. The van der Waals surface area contributed by atoms with E-state index in [4.69, 9.17) is 5.73 Å². The van der Waals surface area contributed by atoms with E-state index < -0.39 is 15.8 Å². The Morgan fingerprint density at radius 2 is 1.83 bits per heavy atom. The van der Waals surface area contributed by atoms with Crippen molar-refractivity contribution in [3.63, 3.8) is 0 Å². The molecule has 2 N–H and O–H groups in total. The molecular weight excluding hydrogens is 257 g/mol. The third kappa shape index (κ3) is 2.56. The van der Waals surface area contributed by atoms with Gasteiger partial charge in [0.1, 0.15) is 5.82 Å². The molecular formula is C11H16FN3O2S. The molecule has 0 aliphatic carbocycles. The Morgan fingerprint density at radius 1 is 1.22 bits per heavy atom. The van der Waals surface area contributed by atoms with E-state index in [-0.39, 0.29) is 5.69 Å². The monoisotopic (exact) mass is 273 g/mol. The molecule has 1 saturated heterocycles. The Balaban J connectivity index is 2.13. The summed E-state index contributed by atoms with van der Waals surface area (Å²) in [6, 6.07) is 4.66. The molecule has 7 heteroatoms. The van der Waals surface area contributed by atoms with Crippen LogP contribution in [0.1, 0.15) is 0 Å². The van der Waals surface area contributed by atoms with Crippen LogP contribution in [-0.4, -0.2) is 45.2 Å². The molecule has 1 aromatic rings. The van der Waals surface area contributed by atoms with Crippen molar-refractivity contribution in [3.8, 4) is 0 Å². The van der Waals surface area contributed by atoms with Gasteiger partial charge in [-0.2, -0.15) is 4.31 Å². The maximum atomic E-state index is 13.3. The molecule has 0 unspecified atom stereocenters. The van der Waals surface area contributed by atoms with Crippen molar-refractivity contribution >= 4 is 21.4 Å². The number of para-hydroxylation sites is 1. The molecule has 0 amide bonds. The zero-order valence-corrected chi connectivity index (χ0v) is 11.0. The summed E-state index contributed by atoms with van der Waals surface area (Å²) in [5.41, 5.74) is 6.43. The number of nitrogen functional groups attached to an aromatic ring is 1. The summed E-state index contributed by atoms with van der Waals surface area (Å²) in [6.45, 7) is 1.82. The van der Waals surface area contributed by atoms with Crippen molar-refractivity contribution in [2.75, 3.05) is 43.1 Å². The second kappa shape index (κ2) is 4.74. The third-order valence-corrected chi connectivity index (χ3v) is 4.38. The van der Waals surface area contributed by atoms with Gasteiger partial charge in [0.2, 0.25) is 10.0 Å². The summed E-state index contributed by atoms with van der Waals surface area (Å²) >= 11 is 0. The number of piperazine rings is 1. The number of hydrogen-bond acceptors (Lipinski definition) is 4. The number of sulfonamides is 1. The molecule has 0 aromatic heterocycles. The quantitative estimate of drug-likeness (QED) is 0.796. The Labute approximate surface area is 106 Å². The Morgan fingerprint density at radius 3 is 2.39 bits per heavy atom. The first-order valence-corrected chi connectivity index (χ1v) is 7.48. The molecule has 100 valence electrons. The Kier molecular flexibility index (Phi) is 3.45. The van der Waals surface area contributed by atoms with E-state index >= 15 is 0 Å². The highest BCUT2D eigenvalue weighted by atomic mass is 32.2. The molecule has 1 fully saturated rings. The lowest BCUT2D eigenvalue weighted by atomic mass is 10.2. The van der Waals surface area contributed by atoms with E-state index in [2.05, 4.69) is 0 Å². The molecule has 5 nitrogen and oxygen atoms in total. The van der Waals surface area contributed by atoms with Gasteiger partial charge in [-0.1, -0.05) is 6.07 Å². The molecule has 0 atom stereocenters. The van der Waals surface area contributed by atoms with Gasteiger partial charge in [-0.15, -0.1) is 0 Å². The van der Waals surface area contributed by atoms with Gasteiger partial charge in [0.05, 0.1) is 17.6 Å². The van der Waals surface area contributed by atoms with Gasteiger partial charge >= 0.3 is 0 Å². The van der Waals surface area contributed by atoms with E-state index in [9.17, 15) is 12.8 Å². The van der Waals surface area contributed by atoms with Crippen molar-refractivity contribution in [2.45, 2.75) is 0 Å². The van der Waals surface area contributed by atoms with Crippen LogP contribution in [0.3, 0.4) is 0 Å². The highest BCUT2D eigenvalue weighted by Gasteiger charge is 2.24. The first kappa shape index (κ1) is 13.1. The maximum Gasteiger partial charge on any atom is 0.211 e. The van der Waals surface area contributed by atoms with E-state index in [0.717, 1.165) is 0 Å². The fourth-order valence-electron chi connectivity index (χ4n) is 2.06. The fraction of sp³-hybridized carbons (Fsp3) is 0.455. The molecule has 1 aliphatic rings. The largest absolute Gasteiger partial charge is 0.395 e. The van der Waals surface area contributed by atoms with Gasteiger partial charge < -0.3 is 10.6 Å². The number of benzene rings is 1. The van der Waals surface area contributed by atoms with Crippen LogP contribution in [0.15, 0.2) is 18.2 Å². The highest BCUT2D eigenvalue weighted by molar-refractivity contribution is 7.88. The molecule has 18 heavy (non-hydrogen) atoms. The number of nitrogens with zero attached hydrogens (tertiary/aromatic N) is 2. The number of rotatable bonds is 2. The van der Waals surface area contributed by atoms with Gasteiger partial charge in [-0.3, -0.25) is 0 Å². The third-order valence-electron chi connectivity index (χ3n) is 3.08. The van der Waals surface area contributed by atoms with E-state index in [1.165, 1.54) is 16.6 Å². The Hall–Kier alpha value is -1.34. The second-order valence-electron chi connectivity index (χ2n) is 4.32. The van der Waals surface area contributed by atoms with Crippen LogP contribution in [-0.2, 0) is 10.0 Å². The van der Waals surface area contributed by atoms with E-state index in [0.29, 0.717) is 31.9 Å². The highest BCUT2D eigenvalue weighted by Crippen LogP contribution is 2.26. The normalized spacial score (nSPS) is 18.0. The smallest absolute Gasteiger partial charge is 0.211 e. The van der Waals surface area contributed by atoms with Gasteiger partial charge in [0, 0.05) is 26.2 Å². The summed E-state index contributed by atoms with van der Waals surface area (Å²) in [5, 5.41) is 0. The average Bonchev–Trinajstić information content (AvgIpc) is 2.32. The first-order valence-electron chi connectivity index (χ1n) is 5.63. The minimum Gasteiger partial charge on any atom is -0.395 e. The number of anilines is 2. The predicted molar refractivity (Wildman–Crippen MR) is 69.4 cm³/mol. The first-order chi connectivity index (χ1) is 8.39. The van der Waals surface area contributed by atoms with Crippen LogP contribution in [0.5, 0.6) is 0 Å². The zero-order valence-electron chi connectivity index (χ0n) is 10.1. The molecule has 0 bridgehead atoms. The average molecular weight is 273 g/mol.